The Hall–Kier alpha value is -2.97. The average molecular weight is 500 g/mol. The zero-order valence-electron chi connectivity index (χ0n) is 16.5. The molecule has 1 aliphatic rings. The van der Waals surface area contributed by atoms with Crippen LogP contribution < -0.4 is 9.47 Å². The zero-order valence-corrected chi connectivity index (χ0v) is 18.9. The first-order valence-electron chi connectivity index (χ1n) is 9.42. The first-order valence-corrected chi connectivity index (χ1v) is 11.0. The van der Waals surface area contributed by atoms with Crippen LogP contribution in [0.5, 0.6) is 11.5 Å². The molecule has 4 rings (SSSR count). The predicted molar refractivity (Wildman–Crippen MR) is 123 cm³/mol. The highest BCUT2D eigenvalue weighted by Crippen LogP contribution is 2.34. The third-order valence-corrected chi connectivity index (χ3v) is 5.93. The molecule has 1 aliphatic heterocycles. The van der Waals surface area contributed by atoms with Crippen LogP contribution in [0.25, 0.3) is 17.4 Å². The number of carbonyl (C=O) groups is 2. The number of halogens is 1. The van der Waals surface area contributed by atoms with Crippen LogP contribution in [-0.4, -0.2) is 36.3 Å². The molecule has 2 aromatic carbocycles. The Kier molecular flexibility index (Phi) is 6.48. The van der Waals surface area contributed by atoms with Gasteiger partial charge in [-0.2, -0.15) is 0 Å². The predicted octanol–water partition coefficient (Wildman–Crippen LogP) is 5.83. The van der Waals surface area contributed by atoms with Crippen molar-refractivity contribution in [2.24, 2.45) is 0 Å². The fourth-order valence-electron chi connectivity index (χ4n) is 3.03. The molecule has 0 saturated carbocycles. The van der Waals surface area contributed by atoms with Crippen molar-refractivity contribution in [3.8, 4) is 22.8 Å². The highest BCUT2D eigenvalue weighted by Gasteiger charge is 2.35. The van der Waals surface area contributed by atoms with E-state index in [-0.39, 0.29) is 24.3 Å². The number of benzene rings is 2. The molecular formula is C23H18BrNO5S. The molecule has 6 nitrogen and oxygen atoms in total. The van der Waals surface area contributed by atoms with Crippen molar-refractivity contribution in [3.05, 3.63) is 75.8 Å². The molecule has 8 heteroatoms. The van der Waals surface area contributed by atoms with Gasteiger partial charge < -0.3 is 13.9 Å². The Labute approximate surface area is 191 Å². The van der Waals surface area contributed by atoms with Crippen LogP contribution in [0.4, 0.5) is 4.79 Å². The maximum absolute atomic E-state index is 12.7. The fraction of sp³-hybridized carbons (Fsp3) is 0.130. The Morgan fingerprint density at radius 3 is 2.65 bits per heavy atom. The van der Waals surface area contributed by atoms with Gasteiger partial charge in [-0.25, -0.2) is 0 Å². The summed E-state index contributed by atoms with van der Waals surface area (Å²) in [4.78, 5) is 26.5. The lowest BCUT2D eigenvalue weighted by Crippen LogP contribution is -2.32. The highest BCUT2D eigenvalue weighted by molar-refractivity contribution is 9.10. The second-order valence-corrected chi connectivity index (χ2v) is 8.45. The maximum Gasteiger partial charge on any atom is 0.293 e. The van der Waals surface area contributed by atoms with Crippen molar-refractivity contribution in [3.63, 3.8) is 0 Å². The zero-order chi connectivity index (χ0) is 21.8. The fourth-order valence-corrected chi connectivity index (χ4v) is 4.28. The Morgan fingerprint density at radius 2 is 1.87 bits per heavy atom. The lowest BCUT2D eigenvalue weighted by atomic mass is 10.2. The summed E-state index contributed by atoms with van der Waals surface area (Å²) in [5.41, 5.74) is 0.913. The van der Waals surface area contributed by atoms with Crippen LogP contribution in [-0.2, 0) is 4.79 Å². The SMILES string of the molecule is COc1ccccc1OCCN1C(=O)S/C(=C\c2ccc(-c3cccc(Br)c3)o2)C1=O. The van der Waals surface area contributed by atoms with Crippen molar-refractivity contribution in [2.75, 3.05) is 20.3 Å². The molecule has 1 aromatic heterocycles. The molecule has 0 spiro atoms. The van der Waals surface area contributed by atoms with E-state index in [1.54, 1.807) is 31.4 Å². The molecule has 0 bridgehead atoms. The summed E-state index contributed by atoms with van der Waals surface area (Å²) < 4.78 is 17.7. The minimum atomic E-state index is -0.362. The smallest absolute Gasteiger partial charge is 0.293 e. The number of hydrogen-bond acceptors (Lipinski definition) is 6. The van der Waals surface area contributed by atoms with Crippen LogP contribution in [0.15, 0.2) is 74.5 Å². The molecule has 2 amide bonds. The summed E-state index contributed by atoms with van der Waals surface area (Å²) >= 11 is 4.33. The van der Waals surface area contributed by atoms with Crippen molar-refractivity contribution in [2.45, 2.75) is 0 Å². The van der Waals surface area contributed by atoms with E-state index in [0.29, 0.717) is 27.9 Å². The molecule has 0 atom stereocenters. The highest BCUT2D eigenvalue weighted by atomic mass is 79.9. The second kappa shape index (κ2) is 9.45. The van der Waals surface area contributed by atoms with Crippen LogP contribution in [0.3, 0.4) is 0 Å². The van der Waals surface area contributed by atoms with Crippen LogP contribution in [0.1, 0.15) is 5.76 Å². The van der Waals surface area contributed by atoms with Gasteiger partial charge in [-0.3, -0.25) is 14.5 Å². The number of carbonyl (C=O) groups excluding carboxylic acids is 2. The van der Waals surface area contributed by atoms with Gasteiger partial charge in [-0.15, -0.1) is 0 Å². The van der Waals surface area contributed by atoms with Gasteiger partial charge >= 0.3 is 0 Å². The summed E-state index contributed by atoms with van der Waals surface area (Å²) in [6.07, 6.45) is 1.59. The number of rotatable bonds is 7. The molecule has 0 N–H and O–H groups in total. The van der Waals surface area contributed by atoms with Crippen LogP contribution in [0, 0.1) is 0 Å². The molecule has 1 fully saturated rings. The lowest BCUT2D eigenvalue weighted by Gasteiger charge is -2.14. The Bertz CT molecular complexity index is 1160. The number of imide groups is 1. The third kappa shape index (κ3) is 4.86. The summed E-state index contributed by atoms with van der Waals surface area (Å²) in [5, 5.41) is -0.335. The van der Waals surface area contributed by atoms with Crippen molar-refractivity contribution >= 4 is 44.9 Å². The number of nitrogens with zero attached hydrogens (tertiary/aromatic N) is 1. The van der Waals surface area contributed by atoms with Crippen molar-refractivity contribution in [1.29, 1.82) is 0 Å². The molecule has 1 saturated heterocycles. The van der Waals surface area contributed by atoms with E-state index in [0.717, 1.165) is 21.8 Å². The molecule has 0 aliphatic carbocycles. The van der Waals surface area contributed by atoms with Gasteiger partial charge in [0.25, 0.3) is 11.1 Å². The Morgan fingerprint density at radius 1 is 1.06 bits per heavy atom. The first-order chi connectivity index (χ1) is 15.0. The quantitative estimate of drug-likeness (QED) is 0.380. The maximum atomic E-state index is 12.7. The lowest BCUT2D eigenvalue weighted by molar-refractivity contribution is -0.123. The standard InChI is InChI=1S/C23H18BrNO5S/c1-28-19-7-2-3-8-20(19)29-12-11-25-22(26)21(31-23(25)27)14-17-9-10-18(30-17)15-5-4-6-16(24)13-15/h2-10,13-14H,11-12H2,1H3/b21-14-. The van der Waals surface area contributed by atoms with Gasteiger partial charge in [0.1, 0.15) is 18.1 Å². The molecule has 0 unspecified atom stereocenters. The van der Waals surface area contributed by atoms with Gasteiger partial charge in [-0.1, -0.05) is 40.2 Å². The molecular weight excluding hydrogens is 482 g/mol. The summed E-state index contributed by atoms with van der Waals surface area (Å²) in [6, 6.07) is 18.5. The van der Waals surface area contributed by atoms with Crippen molar-refractivity contribution < 1.29 is 23.5 Å². The number of thioether (sulfide) groups is 1. The topological polar surface area (TPSA) is 69.0 Å². The normalized spacial score (nSPS) is 15.0. The number of para-hydroxylation sites is 2. The second-order valence-electron chi connectivity index (χ2n) is 6.55. The van der Waals surface area contributed by atoms with E-state index in [2.05, 4.69) is 15.9 Å². The van der Waals surface area contributed by atoms with Gasteiger partial charge in [0.2, 0.25) is 0 Å². The van der Waals surface area contributed by atoms with E-state index in [1.165, 1.54) is 4.90 Å². The number of ether oxygens (including phenoxy) is 2. The van der Waals surface area contributed by atoms with Gasteiger partial charge in [0.05, 0.1) is 18.6 Å². The van der Waals surface area contributed by atoms with E-state index in [9.17, 15) is 9.59 Å². The monoisotopic (exact) mass is 499 g/mol. The third-order valence-electron chi connectivity index (χ3n) is 4.52. The minimum Gasteiger partial charge on any atom is -0.493 e. The Balaban J connectivity index is 1.41. The first kappa shape index (κ1) is 21.3. The average Bonchev–Trinajstić information content (AvgIpc) is 3.34. The summed E-state index contributed by atoms with van der Waals surface area (Å²) in [6.45, 7) is 0.307. The molecule has 3 aromatic rings. The largest absolute Gasteiger partial charge is 0.493 e. The molecule has 2 heterocycles. The van der Waals surface area contributed by atoms with Crippen LogP contribution in [0.2, 0.25) is 0 Å². The van der Waals surface area contributed by atoms with Gasteiger partial charge in [-0.05, 0) is 48.2 Å². The summed E-state index contributed by atoms with van der Waals surface area (Å²) in [7, 11) is 1.56. The molecule has 31 heavy (non-hydrogen) atoms. The van der Waals surface area contributed by atoms with Crippen molar-refractivity contribution in [1.82, 2.24) is 4.90 Å². The van der Waals surface area contributed by atoms with Gasteiger partial charge in [0, 0.05) is 16.1 Å². The molecule has 158 valence electrons. The number of amides is 2. The van der Waals surface area contributed by atoms with E-state index in [4.69, 9.17) is 13.9 Å². The summed E-state index contributed by atoms with van der Waals surface area (Å²) in [5.74, 6) is 1.97. The van der Waals surface area contributed by atoms with Crippen LogP contribution >= 0.6 is 27.7 Å². The number of methoxy groups -OCH3 is 1. The van der Waals surface area contributed by atoms with E-state index in [1.807, 2.05) is 42.5 Å². The minimum absolute atomic E-state index is 0.140. The molecule has 0 radical (unpaired) electrons. The number of furan rings is 1. The van der Waals surface area contributed by atoms with Gasteiger partial charge in [0.15, 0.2) is 11.5 Å². The van der Waals surface area contributed by atoms with E-state index >= 15 is 0 Å². The van der Waals surface area contributed by atoms with E-state index < -0.39 is 0 Å². The number of hydrogen-bond donors (Lipinski definition) is 0.